The topological polar surface area (TPSA) is 49.4 Å². The molecule has 1 saturated carbocycles. The van der Waals surface area contributed by atoms with Crippen LogP contribution in [0.4, 0.5) is 0 Å². The average molecular weight is 280 g/mol. The highest BCUT2D eigenvalue weighted by Crippen LogP contribution is 2.28. The van der Waals surface area contributed by atoms with E-state index in [1.807, 2.05) is 11.8 Å². The van der Waals surface area contributed by atoms with Crippen molar-refractivity contribution in [2.45, 2.75) is 70.8 Å². The number of amides is 2. The van der Waals surface area contributed by atoms with E-state index < -0.39 is 0 Å². The maximum atomic E-state index is 12.2. The SMILES string of the molecule is CC(NC(=O)CCC1CCCC1)C(=O)N1CCCCC1. The van der Waals surface area contributed by atoms with E-state index in [1.54, 1.807) is 0 Å². The number of hydrogen-bond acceptors (Lipinski definition) is 2. The van der Waals surface area contributed by atoms with Crippen molar-refractivity contribution in [3.8, 4) is 0 Å². The molecule has 4 nitrogen and oxygen atoms in total. The summed E-state index contributed by atoms with van der Waals surface area (Å²) in [6.07, 6.45) is 10.1. The van der Waals surface area contributed by atoms with Crippen LogP contribution in [0.25, 0.3) is 0 Å². The van der Waals surface area contributed by atoms with Crippen molar-refractivity contribution in [3.05, 3.63) is 0 Å². The minimum atomic E-state index is -0.371. The number of nitrogens with one attached hydrogen (secondary N) is 1. The molecular formula is C16H28N2O2. The van der Waals surface area contributed by atoms with E-state index in [0.717, 1.165) is 38.3 Å². The zero-order valence-electron chi connectivity index (χ0n) is 12.7. The Bertz CT molecular complexity index is 331. The van der Waals surface area contributed by atoms with E-state index in [4.69, 9.17) is 0 Å². The summed E-state index contributed by atoms with van der Waals surface area (Å²) in [6.45, 7) is 3.51. The lowest BCUT2D eigenvalue weighted by Crippen LogP contribution is -2.48. The Balaban J connectivity index is 1.67. The minimum Gasteiger partial charge on any atom is -0.345 e. The van der Waals surface area contributed by atoms with Crippen LogP contribution in [0.5, 0.6) is 0 Å². The molecule has 1 saturated heterocycles. The Morgan fingerprint density at radius 3 is 2.40 bits per heavy atom. The Hall–Kier alpha value is -1.06. The number of nitrogens with zero attached hydrogens (tertiary/aromatic N) is 1. The molecule has 1 atom stereocenters. The molecule has 2 fully saturated rings. The van der Waals surface area contributed by atoms with Crippen molar-refractivity contribution in [2.24, 2.45) is 5.92 Å². The second-order valence-corrected chi connectivity index (χ2v) is 6.36. The predicted octanol–water partition coefficient (Wildman–Crippen LogP) is 2.47. The van der Waals surface area contributed by atoms with Gasteiger partial charge in [-0.05, 0) is 38.5 Å². The van der Waals surface area contributed by atoms with Crippen molar-refractivity contribution in [2.75, 3.05) is 13.1 Å². The smallest absolute Gasteiger partial charge is 0.244 e. The van der Waals surface area contributed by atoms with Crippen molar-refractivity contribution in [1.82, 2.24) is 10.2 Å². The maximum Gasteiger partial charge on any atom is 0.244 e. The van der Waals surface area contributed by atoms with Crippen molar-refractivity contribution >= 4 is 11.8 Å². The van der Waals surface area contributed by atoms with Gasteiger partial charge in [0.1, 0.15) is 6.04 Å². The number of likely N-dealkylation sites (tertiary alicyclic amines) is 1. The zero-order valence-corrected chi connectivity index (χ0v) is 12.7. The summed E-state index contributed by atoms with van der Waals surface area (Å²) in [7, 11) is 0. The first-order chi connectivity index (χ1) is 9.66. The molecule has 2 aliphatic rings. The molecule has 0 aromatic carbocycles. The van der Waals surface area contributed by atoms with Gasteiger partial charge in [0.2, 0.25) is 11.8 Å². The molecule has 1 unspecified atom stereocenters. The van der Waals surface area contributed by atoms with Gasteiger partial charge in [-0.2, -0.15) is 0 Å². The van der Waals surface area contributed by atoms with Gasteiger partial charge in [-0.1, -0.05) is 25.7 Å². The number of carbonyl (C=O) groups is 2. The predicted molar refractivity (Wildman–Crippen MR) is 79.2 cm³/mol. The number of piperidine rings is 1. The van der Waals surface area contributed by atoms with Crippen LogP contribution in [0.1, 0.15) is 64.7 Å². The van der Waals surface area contributed by atoms with Gasteiger partial charge in [0, 0.05) is 19.5 Å². The third-order valence-electron chi connectivity index (χ3n) is 4.67. The fourth-order valence-electron chi connectivity index (χ4n) is 3.40. The lowest BCUT2D eigenvalue weighted by Gasteiger charge is -2.29. The highest BCUT2D eigenvalue weighted by atomic mass is 16.2. The van der Waals surface area contributed by atoms with Gasteiger partial charge < -0.3 is 10.2 Å². The van der Waals surface area contributed by atoms with Crippen LogP contribution >= 0.6 is 0 Å². The molecule has 114 valence electrons. The second-order valence-electron chi connectivity index (χ2n) is 6.36. The monoisotopic (exact) mass is 280 g/mol. The first-order valence-electron chi connectivity index (χ1n) is 8.25. The van der Waals surface area contributed by atoms with Gasteiger partial charge in [-0.3, -0.25) is 9.59 Å². The van der Waals surface area contributed by atoms with Crippen molar-refractivity contribution in [1.29, 1.82) is 0 Å². The fourth-order valence-corrected chi connectivity index (χ4v) is 3.40. The quantitative estimate of drug-likeness (QED) is 0.841. The third kappa shape index (κ3) is 4.50. The lowest BCUT2D eigenvalue weighted by molar-refractivity contribution is -0.136. The van der Waals surface area contributed by atoms with E-state index in [2.05, 4.69) is 5.32 Å². The first-order valence-corrected chi connectivity index (χ1v) is 8.25. The molecule has 1 aliphatic carbocycles. The molecule has 0 aromatic heterocycles. The van der Waals surface area contributed by atoms with Crippen molar-refractivity contribution < 1.29 is 9.59 Å². The summed E-state index contributed by atoms with van der Waals surface area (Å²) in [4.78, 5) is 26.0. The van der Waals surface area contributed by atoms with Crippen LogP contribution in [0, 0.1) is 5.92 Å². The van der Waals surface area contributed by atoms with Crippen molar-refractivity contribution in [3.63, 3.8) is 0 Å². The molecule has 0 bridgehead atoms. The largest absolute Gasteiger partial charge is 0.345 e. The standard InChI is InChI=1S/C16H28N2O2/c1-13(16(20)18-11-5-2-6-12-18)17-15(19)10-9-14-7-3-4-8-14/h13-14H,2-12H2,1H3,(H,17,19). The van der Waals surface area contributed by atoms with E-state index in [0.29, 0.717) is 6.42 Å². The van der Waals surface area contributed by atoms with E-state index in [9.17, 15) is 9.59 Å². The van der Waals surface area contributed by atoms with Crippen LogP contribution in [0.2, 0.25) is 0 Å². The summed E-state index contributed by atoms with van der Waals surface area (Å²) in [5.74, 6) is 0.850. The average Bonchev–Trinajstić information content (AvgIpc) is 2.98. The molecule has 2 amide bonds. The second kappa shape index (κ2) is 7.65. The van der Waals surface area contributed by atoms with E-state index >= 15 is 0 Å². The van der Waals surface area contributed by atoms with Gasteiger partial charge in [0.25, 0.3) is 0 Å². The maximum absolute atomic E-state index is 12.2. The van der Waals surface area contributed by atoms with Crippen LogP contribution in [-0.2, 0) is 9.59 Å². The summed E-state index contributed by atoms with van der Waals surface area (Å²) >= 11 is 0. The number of hydrogen-bond donors (Lipinski definition) is 1. The van der Waals surface area contributed by atoms with Gasteiger partial charge >= 0.3 is 0 Å². The molecule has 0 aromatic rings. The molecule has 1 heterocycles. The normalized spacial score (nSPS) is 21.8. The fraction of sp³-hybridized carbons (Fsp3) is 0.875. The Kier molecular flexibility index (Phi) is 5.86. The van der Waals surface area contributed by atoms with E-state index in [1.165, 1.54) is 32.1 Å². The van der Waals surface area contributed by atoms with Crippen LogP contribution in [-0.4, -0.2) is 35.8 Å². The summed E-state index contributed by atoms with van der Waals surface area (Å²) in [5.41, 5.74) is 0. The Morgan fingerprint density at radius 1 is 1.10 bits per heavy atom. The molecule has 0 radical (unpaired) electrons. The number of rotatable bonds is 5. The third-order valence-corrected chi connectivity index (χ3v) is 4.67. The van der Waals surface area contributed by atoms with Crippen LogP contribution in [0.3, 0.4) is 0 Å². The summed E-state index contributed by atoms with van der Waals surface area (Å²) in [5, 5.41) is 2.87. The highest BCUT2D eigenvalue weighted by molar-refractivity contribution is 5.87. The van der Waals surface area contributed by atoms with Gasteiger partial charge in [0.15, 0.2) is 0 Å². The summed E-state index contributed by atoms with van der Waals surface area (Å²) < 4.78 is 0. The van der Waals surface area contributed by atoms with Gasteiger partial charge in [-0.25, -0.2) is 0 Å². The lowest BCUT2D eigenvalue weighted by atomic mass is 10.0. The summed E-state index contributed by atoms with van der Waals surface area (Å²) in [6, 6.07) is -0.371. The molecule has 4 heteroatoms. The Morgan fingerprint density at radius 2 is 1.75 bits per heavy atom. The van der Waals surface area contributed by atoms with Gasteiger partial charge in [-0.15, -0.1) is 0 Å². The zero-order chi connectivity index (χ0) is 14.4. The molecule has 0 spiro atoms. The highest BCUT2D eigenvalue weighted by Gasteiger charge is 2.23. The molecule has 1 N–H and O–H groups in total. The van der Waals surface area contributed by atoms with E-state index in [-0.39, 0.29) is 17.9 Å². The number of carbonyl (C=O) groups excluding carboxylic acids is 2. The minimum absolute atomic E-state index is 0.0368. The molecule has 20 heavy (non-hydrogen) atoms. The molecular weight excluding hydrogens is 252 g/mol. The Labute approximate surface area is 122 Å². The first kappa shape index (κ1) is 15.3. The van der Waals surface area contributed by atoms with Gasteiger partial charge in [0.05, 0.1) is 0 Å². The molecule has 1 aliphatic heterocycles. The molecule has 2 rings (SSSR count). The van der Waals surface area contributed by atoms with Crippen LogP contribution in [0.15, 0.2) is 0 Å². The van der Waals surface area contributed by atoms with Crippen LogP contribution < -0.4 is 5.32 Å².